The van der Waals surface area contributed by atoms with Crippen LogP contribution in [0.15, 0.2) is 224 Å². The fraction of sp³-hybridized carbons (Fsp3) is 0.0328. The van der Waals surface area contributed by atoms with Crippen molar-refractivity contribution in [1.29, 1.82) is 0 Å². The predicted octanol–water partition coefficient (Wildman–Crippen LogP) is 15.3. The van der Waals surface area contributed by atoms with Crippen molar-refractivity contribution in [2.24, 2.45) is 0 Å². The number of ether oxygens (including phenoxy) is 1. The van der Waals surface area contributed by atoms with Crippen LogP contribution in [-0.2, 0) is 0 Å². The molecule has 0 amide bonds. The van der Waals surface area contributed by atoms with Crippen molar-refractivity contribution in [3.8, 4) is 62.2 Å². The topological polar surface area (TPSA) is 47.9 Å². The number of aromatic nitrogens is 3. The molecule has 10 aromatic carbocycles. The summed E-state index contributed by atoms with van der Waals surface area (Å²) in [5.41, 5.74) is 10.9. The molecule has 13 rings (SSSR count). The van der Waals surface area contributed by atoms with E-state index in [4.69, 9.17) is 19.7 Å². The van der Waals surface area contributed by atoms with Gasteiger partial charge in [-0.15, -0.1) is 0 Å². The van der Waals surface area contributed by atoms with Crippen molar-refractivity contribution in [2.75, 3.05) is 0 Å². The standard InChI is InChI=1S/C61H39N3O/c1-4-14-43-33-46(30-25-38(43)11-1)41-23-28-42(29-24-41)59-62-60(49-32-27-40-13-3-6-16-45(40)35-49)64-61(63-59)50-36-47-17-7-8-18-51(47)55(37-50)53-20-10-22-56-57(53)54-21-9-19-52(58(54)65-56)48-31-26-39-12-2-5-15-44(39)34-48/h1-37,56-57H. The summed E-state index contributed by atoms with van der Waals surface area (Å²) in [6.07, 6.45) is 6.48. The molecule has 0 N–H and O–H groups in total. The van der Waals surface area contributed by atoms with Gasteiger partial charge < -0.3 is 4.74 Å². The number of para-hydroxylation sites is 1. The molecule has 4 heteroatoms. The lowest BCUT2D eigenvalue weighted by Crippen LogP contribution is -2.19. The molecule has 1 aromatic heterocycles. The van der Waals surface area contributed by atoms with Gasteiger partial charge in [-0.3, -0.25) is 0 Å². The minimum absolute atomic E-state index is 0.00254. The maximum absolute atomic E-state index is 6.94. The van der Waals surface area contributed by atoms with Gasteiger partial charge in [-0.05, 0) is 107 Å². The SMILES string of the molecule is C1=CC2Oc3c(-c4ccc5ccccc5c4)cccc3C2C(c2cc(-c3nc(-c4ccc(-c5ccc6ccccc6c5)cc4)nc(-c4ccc5ccccc5c4)n3)cc3ccccc23)=C1. The lowest BCUT2D eigenvalue weighted by molar-refractivity contribution is 0.272. The van der Waals surface area contributed by atoms with Crippen LogP contribution in [0.4, 0.5) is 0 Å². The zero-order valence-electron chi connectivity index (χ0n) is 35.3. The van der Waals surface area contributed by atoms with Crippen LogP contribution in [0.1, 0.15) is 17.0 Å². The van der Waals surface area contributed by atoms with Crippen molar-refractivity contribution < 1.29 is 4.74 Å². The van der Waals surface area contributed by atoms with Gasteiger partial charge in [0.1, 0.15) is 11.9 Å². The highest BCUT2D eigenvalue weighted by atomic mass is 16.5. The van der Waals surface area contributed by atoms with E-state index in [1.807, 2.05) is 0 Å². The molecule has 0 fully saturated rings. The molecule has 0 bridgehead atoms. The highest BCUT2D eigenvalue weighted by Crippen LogP contribution is 2.52. The van der Waals surface area contributed by atoms with Crippen LogP contribution in [-0.4, -0.2) is 21.1 Å². The summed E-state index contributed by atoms with van der Waals surface area (Å²) in [5.74, 6) is 2.82. The van der Waals surface area contributed by atoms with Crippen LogP contribution in [0.3, 0.4) is 0 Å². The Morgan fingerprint density at radius 1 is 0.354 bits per heavy atom. The molecule has 0 saturated heterocycles. The molecule has 4 nitrogen and oxygen atoms in total. The van der Waals surface area contributed by atoms with E-state index in [1.165, 1.54) is 49.0 Å². The third-order valence-corrected chi connectivity index (χ3v) is 13.2. The summed E-state index contributed by atoms with van der Waals surface area (Å²) >= 11 is 0. The van der Waals surface area contributed by atoms with E-state index < -0.39 is 0 Å². The average Bonchev–Trinajstić information content (AvgIpc) is 3.77. The monoisotopic (exact) mass is 829 g/mol. The third kappa shape index (κ3) is 6.49. The number of benzene rings is 10. The molecule has 2 heterocycles. The number of hydrogen-bond acceptors (Lipinski definition) is 4. The smallest absolute Gasteiger partial charge is 0.164 e. The summed E-state index contributed by atoms with van der Waals surface area (Å²) in [5, 5.41) is 9.48. The molecule has 2 atom stereocenters. The average molecular weight is 830 g/mol. The molecule has 11 aromatic rings. The normalized spacial score (nSPS) is 15.2. The first-order valence-electron chi connectivity index (χ1n) is 22.2. The molecule has 1 aliphatic heterocycles. The maximum Gasteiger partial charge on any atom is 0.164 e. The molecular weight excluding hydrogens is 791 g/mol. The second kappa shape index (κ2) is 15.1. The second-order valence-electron chi connectivity index (χ2n) is 17.1. The summed E-state index contributed by atoms with van der Waals surface area (Å²) in [4.78, 5) is 15.8. The summed E-state index contributed by atoms with van der Waals surface area (Å²) < 4.78 is 6.94. The van der Waals surface area contributed by atoms with Crippen LogP contribution < -0.4 is 4.74 Å². The van der Waals surface area contributed by atoms with Gasteiger partial charge in [0.15, 0.2) is 17.5 Å². The Labute approximate surface area is 376 Å². The molecule has 0 saturated carbocycles. The number of fused-ring (bicyclic) bond motifs is 7. The fourth-order valence-electron chi connectivity index (χ4n) is 9.97. The first-order valence-corrected chi connectivity index (χ1v) is 22.2. The van der Waals surface area contributed by atoms with Crippen LogP contribution in [0.25, 0.3) is 105 Å². The lowest BCUT2D eigenvalue weighted by Gasteiger charge is -2.24. The largest absolute Gasteiger partial charge is 0.484 e. The third-order valence-electron chi connectivity index (χ3n) is 13.2. The Kier molecular flexibility index (Phi) is 8.63. The Balaban J connectivity index is 0.941. The van der Waals surface area contributed by atoms with E-state index in [0.29, 0.717) is 17.5 Å². The Hall–Kier alpha value is -8.47. The van der Waals surface area contributed by atoms with Crippen LogP contribution in [0.2, 0.25) is 0 Å². The van der Waals surface area contributed by atoms with Crippen molar-refractivity contribution in [2.45, 2.75) is 12.0 Å². The maximum atomic E-state index is 6.94. The zero-order chi connectivity index (χ0) is 42.8. The number of hydrogen-bond donors (Lipinski definition) is 0. The van der Waals surface area contributed by atoms with E-state index in [2.05, 4.69) is 224 Å². The number of nitrogens with zero attached hydrogens (tertiary/aromatic N) is 3. The molecule has 304 valence electrons. The second-order valence-corrected chi connectivity index (χ2v) is 17.1. The Bertz CT molecular complexity index is 3770. The molecule has 0 spiro atoms. The van der Waals surface area contributed by atoms with Crippen molar-refractivity contribution in [1.82, 2.24) is 15.0 Å². The molecule has 2 unspecified atom stereocenters. The summed E-state index contributed by atoms with van der Waals surface area (Å²) in [7, 11) is 0. The van der Waals surface area contributed by atoms with Gasteiger partial charge in [0.25, 0.3) is 0 Å². The van der Waals surface area contributed by atoms with Crippen LogP contribution >= 0.6 is 0 Å². The van der Waals surface area contributed by atoms with E-state index in [0.717, 1.165) is 55.5 Å². The summed E-state index contributed by atoms with van der Waals surface area (Å²) in [6, 6.07) is 73.5. The minimum atomic E-state index is -0.144. The first kappa shape index (κ1) is 37.1. The van der Waals surface area contributed by atoms with Gasteiger partial charge in [0, 0.05) is 27.8 Å². The highest BCUT2D eigenvalue weighted by Gasteiger charge is 2.39. The van der Waals surface area contributed by atoms with Gasteiger partial charge >= 0.3 is 0 Å². The van der Waals surface area contributed by atoms with E-state index >= 15 is 0 Å². The van der Waals surface area contributed by atoms with Crippen LogP contribution in [0.5, 0.6) is 5.75 Å². The number of allylic oxidation sites excluding steroid dienone is 2. The summed E-state index contributed by atoms with van der Waals surface area (Å²) in [6.45, 7) is 0. The van der Waals surface area contributed by atoms with E-state index in [-0.39, 0.29) is 12.0 Å². The van der Waals surface area contributed by atoms with E-state index in [9.17, 15) is 0 Å². The van der Waals surface area contributed by atoms with Crippen molar-refractivity contribution >= 4 is 48.7 Å². The molecule has 65 heavy (non-hydrogen) atoms. The predicted molar refractivity (Wildman–Crippen MR) is 268 cm³/mol. The van der Waals surface area contributed by atoms with Gasteiger partial charge in [-0.25, -0.2) is 15.0 Å². The van der Waals surface area contributed by atoms with Crippen molar-refractivity contribution in [3.05, 3.63) is 236 Å². The lowest BCUT2D eigenvalue weighted by atomic mass is 9.79. The van der Waals surface area contributed by atoms with E-state index in [1.54, 1.807) is 0 Å². The molecule has 1 aliphatic carbocycles. The van der Waals surface area contributed by atoms with Crippen LogP contribution in [0, 0.1) is 0 Å². The molecule has 0 radical (unpaired) electrons. The van der Waals surface area contributed by atoms with Gasteiger partial charge in [0.2, 0.25) is 0 Å². The highest BCUT2D eigenvalue weighted by molar-refractivity contribution is 6.00. The number of rotatable bonds is 6. The molecule has 2 aliphatic rings. The van der Waals surface area contributed by atoms with Gasteiger partial charge in [-0.1, -0.05) is 188 Å². The Morgan fingerprint density at radius 3 is 1.55 bits per heavy atom. The van der Waals surface area contributed by atoms with Gasteiger partial charge in [-0.2, -0.15) is 0 Å². The van der Waals surface area contributed by atoms with Crippen molar-refractivity contribution in [3.63, 3.8) is 0 Å². The fourth-order valence-corrected chi connectivity index (χ4v) is 9.97. The van der Waals surface area contributed by atoms with Gasteiger partial charge in [0.05, 0.1) is 5.92 Å². The minimum Gasteiger partial charge on any atom is -0.484 e. The first-order chi connectivity index (χ1) is 32.2. The zero-order valence-corrected chi connectivity index (χ0v) is 35.3. The quantitative estimate of drug-likeness (QED) is 0.167. The Morgan fingerprint density at radius 2 is 0.862 bits per heavy atom. The molecular formula is C61H39N3O.